The van der Waals surface area contributed by atoms with Crippen molar-refractivity contribution in [2.24, 2.45) is 0 Å². The number of rotatable bonds is 6. The van der Waals surface area contributed by atoms with Crippen LogP contribution in [0.2, 0.25) is 0 Å². The fourth-order valence-corrected chi connectivity index (χ4v) is 4.66. The van der Waals surface area contributed by atoms with Crippen LogP contribution in [0.1, 0.15) is 50.4 Å². The lowest BCUT2D eigenvalue weighted by atomic mass is 10.1. The third kappa shape index (κ3) is 4.19. The number of hydrogen-bond donors (Lipinski definition) is 0. The number of aromatic nitrogens is 3. The summed E-state index contributed by atoms with van der Waals surface area (Å²) >= 11 is 0. The maximum Gasteiger partial charge on any atom is 0.275 e. The van der Waals surface area contributed by atoms with Gasteiger partial charge in [0.2, 0.25) is 0 Å². The molecule has 1 aliphatic carbocycles. The average Bonchev–Trinajstić information content (AvgIpc) is 3.44. The maximum atomic E-state index is 14.0. The summed E-state index contributed by atoms with van der Waals surface area (Å²) in [5, 5.41) is 4.90. The summed E-state index contributed by atoms with van der Waals surface area (Å²) in [7, 11) is 0. The minimum absolute atomic E-state index is 0.0207. The van der Waals surface area contributed by atoms with Crippen LogP contribution in [0.3, 0.4) is 0 Å². The van der Waals surface area contributed by atoms with Gasteiger partial charge in [0.25, 0.3) is 5.91 Å². The molecule has 0 unspecified atom stereocenters. The van der Waals surface area contributed by atoms with Gasteiger partial charge < -0.3 is 4.90 Å². The Labute approximate surface area is 194 Å². The minimum atomic E-state index is -0.0207. The highest BCUT2D eigenvalue weighted by molar-refractivity contribution is 5.94. The first-order valence-corrected chi connectivity index (χ1v) is 11.5. The number of carbonyl (C=O) groups is 1. The second kappa shape index (κ2) is 9.02. The van der Waals surface area contributed by atoms with E-state index in [-0.39, 0.29) is 5.91 Å². The molecule has 0 saturated heterocycles. The first-order chi connectivity index (χ1) is 16.1. The molecule has 2 aromatic heterocycles. The van der Waals surface area contributed by atoms with Crippen LogP contribution < -0.4 is 0 Å². The molecule has 0 spiro atoms. The molecule has 2 heterocycles. The van der Waals surface area contributed by atoms with Crippen LogP contribution in [0, 0.1) is 13.8 Å². The van der Waals surface area contributed by atoms with Crippen LogP contribution in [0.5, 0.6) is 0 Å². The zero-order valence-electron chi connectivity index (χ0n) is 19.2. The Morgan fingerprint density at radius 1 is 0.939 bits per heavy atom. The molecule has 5 heteroatoms. The predicted octanol–water partition coefficient (Wildman–Crippen LogP) is 5.22. The van der Waals surface area contributed by atoms with Gasteiger partial charge in [0.15, 0.2) is 5.69 Å². The maximum absolute atomic E-state index is 14.0. The first kappa shape index (κ1) is 21.1. The zero-order valence-corrected chi connectivity index (χ0v) is 19.2. The van der Waals surface area contributed by atoms with Crippen molar-refractivity contribution >= 4 is 5.91 Å². The fourth-order valence-electron chi connectivity index (χ4n) is 4.66. The lowest BCUT2D eigenvalue weighted by Crippen LogP contribution is -2.31. The van der Waals surface area contributed by atoms with Gasteiger partial charge in [0.05, 0.1) is 5.69 Å². The number of para-hydroxylation sites is 1. The van der Waals surface area contributed by atoms with Gasteiger partial charge in [0, 0.05) is 36.7 Å². The lowest BCUT2D eigenvalue weighted by Gasteiger charge is -2.23. The van der Waals surface area contributed by atoms with Crippen LogP contribution in [0.4, 0.5) is 0 Å². The molecule has 4 aromatic rings. The van der Waals surface area contributed by atoms with Crippen molar-refractivity contribution in [2.75, 3.05) is 0 Å². The van der Waals surface area contributed by atoms with E-state index < -0.39 is 0 Å². The van der Waals surface area contributed by atoms with E-state index in [1.165, 1.54) is 11.3 Å². The third-order valence-electron chi connectivity index (χ3n) is 6.48. The summed E-state index contributed by atoms with van der Waals surface area (Å²) in [6.07, 6.45) is 6.49. The van der Waals surface area contributed by atoms with Gasteiger partial charge in [-0.1, -0.05) is 48.5 Å². The van der Waals surface area contributed by atoms with Gasteiger partial charge in [0.1, 0.15) is 0 Å². The smallest absolute Gasteiger partial charge is 0.275 e. The largest absolute Gasteiger partial charge is 0.329 e. The van der Waals surface area contributed by atoms with Crippen LogP contribution in [-0.4, -0.2) is 25.6 Å². The normalized spacial score (nSPS) is 12.5. The first-order valence-electron chi connectivity index (χ1n) is 11.5. The highest BCUT2D eigenvalue weighted by Gasteiger charge is 2.30. The van der Waals surface area contributed by atoms with Crippen LogP contribution >= 0.6 is 0 Å². The number of hydrogen-bond acceptors (Lipinski definition) is 3. The highest BCUT2D eigenvalue weighted by atomic mass is 16.2. The van der Waals surface area contributed by atoms with E-state index >= 15 is 0 Å². The topological polar surface area (TPSA) is 51.0 Å². The van der Waals surface area contributed by atoms with Gasteiger partial charge >= 0.3 is 0 Å². The second-order valence-electron chi connectivity index (χ2n) is 8.77. The van der Waals surface area contributed by atoms with E-state index in [9.17, 15) is 4.79 Å². The molecule has 0 N–H and O–H groups in total. The van der Waals surface area contributed by atoms with Gasteiger partial charge in [-0.25, -0.2) is 4.68 Å². The highest BCUT2D eigenvalue weighted by Crippen LogP contribution is 2.30. The molecular weight excluding hydrogens is 408 g/mol. The van der Waals surface area contributed by atoms with E-state index in [1.54, 1.807) is 6.20 Å². The summed E-state index contributed by atoms with van der Waals surface area (Å²) in [4.78, 5) is 20.1. The van der Waals surface area contributed by atoms with Crippen molar-refractivity contribution in [3.8, 4) is 5.69 Å². The Morgan fingerprint density at radius 2 is 1.73 bits per heavy atom. The third-order valence-corrected chi connectivity index (χ3v) is 6.48. The molecule has 0 bridgehead atoms. The number of fused-ring (bicyclic) bond motifs is 1. The number of nitrogens with zero attached hydrogens (tertiary/aromatic N) is 4. The van der Waals surface area contributed by atoms with E-state index in [0.29, 0.717) is 18.8 Å². The molecule has 166 valence electrons. The van der Waals surface area contributed by atoms with Crippen LogP contribution in [-0.2, 0) is 25.9 Å². The van der Waals surface area contributed by atoms with Crippen LogP contribution in [0.15, 0.2) is 73.1 Å². The molecule has 5 nitrogen and oxygen atoms in total. The summed E-state index contributed by atoms with van der Waals surface area (Å²) in [5.74, 6) is -0.0207. The van der Waals surface area contributed by atoms with Crippen molar-refractivity contribution in [2.45, 2.75) is 46.2 Å². The van der Waals surface area contributed by atoms with E-state index in [4.69, 9.17) is 5.10 Å². The molecule has 0 fully saturated rings. The number of aryl methyl sites for hydroxylation is 2. The average molecular weight is 437 g/mol. The van der Waals surface area contributed by atoms with Crippen LogP contribution in [0.25, 0.3) is 5.69 Å². The van der Waals surface area contributed by atoms with Gasteiger partial charge in [-0.05, 0) is 67.5 Å². The summed E-state index contributed by atoms with van der Waals surface area (Å²) in [5.41, 5.74) is 8.39. The molecule has 1 aliphatic rings. The lowest BCUT2D eigenvalue weighted by molar-refractivity contribution is 0.0722. The quantitative estimate of drug-likeness (QED) is 0.417. The molecule has 5 rings (SSSR count). The van der Waals surface area contributed by atoms with Crippen molar-refractivity contribution in [1.29, 1.82) is 0 Å². The molecule has 1 amide bonds. The Kier molecular flexibility index (Phi) is 5.78. The minimum Gasteiger partial charge on any atom is -0.329 e. The molecule has 2 aromatic carbocycles. The molecule has 0 radical (unpaired) electrons. The summed E-state index contributed by atoms with van der Waals surface area (Å²) < 4.78 is 2.00. The van der Waals surface area contributed by atoms with Crippen molar-refractivity contribution in [3.63, 3.8) is 0 Å². The van der Waals surface area contributed by atoms with Gasteiger partial charge in [-0.3, -0.25) is 9.78 Å². The Morgan fingerprint density at radius 3 is 2.48 bits per heavy atom. The number of carbonyl (C=O) groups excluding carboxylic acids is 1. The van der Waals surface area contributed by atoms with Gasteiger partial charge in [-0.15, -0.1) is 0 Å². The number of benzene rings is 2. The molecular formula is C28H28N4O. The van der Waals surface area contributed by atoms with E-state index in [0.717, 1.165) is 47.2 Å². The van der Waals surface area contributed by atoms with E-state index in [2.05, 4.69) is 43.1 Å². The Bertz CT molecular complexity index is 1290. The summed E-state index contributed by atoms with van der Waals surface area (Å²) in [6.45, 7) is 5.21. The zero-order chi connectivity index (χ0) is 22.8. The number of amides is 1. The standard InChI is InChI=1S/C28H28N4O/c1-20-9-3-5-12-23(20)19-31(18-22-11-8-16-29-17-22)28(33)27-24-13-7-15-26(24)32(30-27)25-14-6-4-10-21(25)2/h3-6,8-12,14,16-17H,7,13,15,18-19H2,1-2H3. The molecule has 33 heavy (non-hydrogen) atoms. The van der Waals surface area contributed by atoms with Crippen molar-refractivity contribution in [1.82, 2.24) is 19.7 Å². The van der Waals surface area contributed by atoms with Gasteiger partial charge in [-0.2, -0.15) is 5.10 Å². The van der Waals surface area contributed by atoms with E-state index in [1.807, 2.05) is 52.2 Å². The SMILES string of the molecule is Cc1ccccc1CN(Cc1cccnc1)C(=O)c1nn(-c2ccccc2C)c2c1CCC2. The number of pyridine rings is 1. The Hall–Kier alpha value is -3.73. The van der Waals surface area contributed by atoms with Crippen molar-refractivity contribution < 1.29 is 4.79 Å². The summed E-state index contributed by atoms with van der Waals surface area (Å²) in [6, 6.07) is 20.4. The molecule has 0 aliphatic heterocycles. The molecule has 0 atom stereocenters. The second-order valence-corrected chi connectivity index (χ2v) is 8.77. The Balaban J connectivity index is 1.55. The fraction of sp³-hybridized carbons (Fsp3) is 0.250. The predicted molar refractivity (Wildman–Crippen MR) is 129 cm³/mol. The monoisotopic (exact) mass is 436 g/mol. The van der Waals surface area contributed by atoms with Crippen molar-refractivity contribution in [3.05, 3.63) is 112 Å². The molecule has 0 saturated carbocycles.